The minimum atomic E-state index is -0.324. The van der Waals surface area contributed by atoms with Crippen LogP contribution in [0.1, 0.15) is 28.5 Å². The molecule has 28 heavy (non-hydrogen) atoms. The van der Waals surface area contributed by atoms with Crippen molar-refractivity contribution in [2.75, 3.05) is 11.0 Å². The molecule has 2 aromatic carbocycles. The first-order valence-electron chi connectivity index (χ1n) is 9.04. The molecule has 146 valence electrons. The molecule has 7 heteroatoms. The number of carbonyl (C=O) groups is 1. The quantitative estimate of drug-likeness (QED) is 0.264. The molecular weight excluding hydrogens is 509 g/mol. The first-order chi connectivity index (χ1) is 13.5. The predicted molar refractivity (Wildman–Crippen MR) is 122 cm³/mol. The number of alkyl halides is 1. The van der Waals surface area contributed by atoms with Gasteiger partial charge in [0.15, 0.2) is 0 Å². The maximum Gasteiger partial charge on any atom is 0.356 e. The van der Waals surface area contributed by atoms with Gasteiger partial charge < -0.3 is 14.4 Å². The molecule has 1 aliphatic heterocycles. The van der Waals surface area contributed by atoms with Crippen LogP contribution in [0.15, 0.2) is 41.3 Å². The van der Waals surface area contributed by atoms with E-state index in [0.717, 1.165) is 37.8 Å². The number of esters is 1. The van der Waals surface area contributed by atoms with Crippen molar-refractivity contribution in [2.45, 2.75) is 30.0 Å². The number of ether oxygens (including phenoxy) is 1. The summed E-state index contributed by atoms with van der Waals surface area (Å²) in [5, 5.41) is 12.5. The molecule has 2 heterocycles. The molecule has 0 saturated carbocycles. The second-order valence-electron chi connectivity index (χ2n) is 6.67. The summed E-state index contributed by atoms with van der Waals surface area (Å²) in [5.74, 6) is -0.0299. The van der Waals surface area contributed by atoms with Gasteiger partial charge in [-0.05, 0) is 43.2 Å². The van der Waals surface area contributed by atoms with E-state index in [2.05, 4.69) is 22.6 Å². The van der Waals surface area contributed by atoms with Crippen LogP contribution in [-0.4, -0.2) is 31.9 Å². The van der Waals surface area contributed by atoms with E-state index in [0.29, 0.717) is 34.9 Å². The minimum absolute atomic E-state index is 0.294. The van der Waals surface area contributed by atoms with Crippen molar-refractivity contribution in [2.24, 2.45) is 0 Å². The third-order valence-electron chi connectivity index (χ3n) is 4.88. The average molecular weight is 528 g/mol. The van der Waals surface area contributed by atoms with Crippen LogP contribution in [0.5, 0.6) is 5.75 Å². The van der Waals surface area contributed by atoms with Crippen molar-refractivity contribution < 1.29 is 14.6 Å². The summed E-state index contributed by atoms with van der Waals surface area (Å²) in [6.07, 6.45) is 0.789. The van der Waals surface area contributed by atoms with E-state index >= 15 is 0 Å². The van der Waals surface area contributed by atoms with Crippen molar-refractivity contribution >= 4 is 62.8 Å². The van der Waals surface area contributed by atoms with Gasteiger partial charge in [0.25, 0.3) is 0 Å². The van der Waals surface area contributed by atoms with Crippen LogP contribution >= 0.6 is 46.0 Å². The molecule has 0 saturated heterocycles. The zero-order valence-corrected chi connectivity index (χ0v) is 19.0. The first kappa shape index (κ1) is 19.9. The molecular formula is C21H19ClINO3S. The van der Waals surface area contributed by atoms with Crippen molar-refractivity contribution in [3.63, 3.8) is 0 Å². The summed E-state index contributed by atoms with van der Waals surface area (Å²) in [7, 11) is 0. The highest BCUT2D eigenvalue weighted by molar-refractivity contribution is 14.1. The molecule has 0 amide bonds. The predicted octanol–water partition coefficient (Wildman–Crippen LogP) is 5.68. The topological polar surface area (TPSA) is 51.5 Å². The summed E-state index contributed by atoms with van der Waals surface area (Å²) in [5.41, 5.74) is 3.48. The molecule has 0 radical (unpaired) electrons. The fraction of sp³-hybridized carbons (Fsp3) is 0.286. The van der Waals surface area contributed by atoms with Gasteiger partial charge in [0, 0.05) is 37.1 Å². The molecule has 1 atom stereocenters. The second-order valence-corrected chi connectivity index (χ2v) is 9.29. The van der Waals surface area contributed by atoms with Gasteiger partial charge in [-0.3, -0.25) is 0 Å². The lowest BCUT2D eigenvalue weighted by Gasteiger charge is -2.21. The van der Waals surface area contributed by atoms with Crippen molar-refractivity contribution in [3.05, 3.63) is 58.2 Å². The van der Waals surface area contributed by atoms with E-state index in [1.54, 1.807) is 17.8 Å². The van der Waals surface area contributed by atoms with Gasteiger partial charge in [0.1, 0.15) is 11.4 Å². The number of benzene rings is 2. The van der Waals surface area contributed by atoms with E-state index in [1.165, 1.54) is 0 Å². The summed E-state index contributed by atoms with van der Waals surface area (Å²) in [6, 6.07) is 11.2. The number of thioether (sulfide) groups is 1. The number of hydrogen-bond acceptors (Lipinski definition) is 4. The summed E-state index contributed by atoms with van der Waals surface area (Å²) in [4.78, 5) is 13.9. The SMILES string of the molecule is CCOC(=O)c1c2c3c(c(O)ccc3n1Cc1ccc(Cl)cc1)CC(CI)S2. The lowest BCUT2D eigenvalue weighted by molar-refractivity contribution is 0.0510. The monoisotopic (exact) mass is 527 g/mol. The Labute approximate surface area is 186 Å². The number of phenols is 1. The number of halogens is 2. The average Bonchev–Trinajstić information content (AvgIpc) is 3.00. The molecule has 0 aliphatic carbocycles. The van der Waals surface area contributed by atoms with Crippen molar-refractivity contribution in [1.82, 2.24) is 4.57 Å². The summed E-state index contributed by atoms with van der Waals surface area (Å²) in [6.45, 7) is 2.66. The highest BCUT2D eigenvalue weighted by Crippen LogP contribution is 2.47. The lowest BCUT2D eigenvalue weighted by atomic mass is 10.0. The minimum Gasteiger partial charge on any atom is -0.508 e. The number of aromatic nitrogens is 1. The Morgan fingerprint density at radius 1 is 1.32 bits per heavy atom. The van der Waals surface area contributed by atoms with Crippen molar-refractivity contribution in [1.29, 1.82) is 0 Å². The lowest BCUT2D eigenvalue weighted by Crippen LogP contribution is -2.16. The number of carbonyl (C=O) groups excluding carboxylic acids is 1. The molecule has 4 nitrogen and oxygen atoms in total. The molecule has 0 spiro atoms. The van der Waals surface area contributed by atoms with E-state index in [4.69, 9.17) is 16.3 Å². The second kappa shape index (κ2) is 8.16. The summed E-state index contributed by atoms with van der Waals surface area (Å²) >= 11 is 10.1. The van der Waals surface area contributed by atoms with Crippen LogP contribution < -0.4 is 0 Å². The number of rotatable bonds is 5. The number of phenolic OH excluding ortho intramolecular Hbond substituents is 1. The van der Waals surface area contributed by atoms with E-state index in [-0.39, 0.29) is 5.97 Å². The standard InChI is InChI=1S/C21H19ClINO3S/c1-2-27-21(26)19-20-18-15(9-14(10-23)28-20)17(25)8-7-16(18)24(19)11-12-3-5-13(22)6-4-12/h3-8,14,25H,2,9-11H2,1H3. The van der Waals surface area contributed by atoms with Gasteiger partial charge >= 0.3 is 5.97 Å². The van der Waals surface area contributed by atoms with Crippen LogP contribution in [0.25, 0.3) is 10.9 Å². The van der Waals surface area contributed by atoms with Crippen LogP contribution in [0.4, 0.5) is 0 Å². The highest BCUT2D eigenvalue weighted by Gasteiger charge is 2.32. The number of nitrogens with zero attached hydrogens (tertiary/aromatic N) is 1. The Bertz CT molecular complexity index is 1050. The van der Waals surface area contributed by atoms with Crippen LogP contribution in [0.3, 0.4) is 0 Å². The van der Waals surface area contributed by atoms with Crippen LogP contribution in [0, 0.1) is 0 Å². The maximum absolute atomic E-state index is 12.9. The van der Waals surface area contributed by atoms with Gasteiger partial charge in [-0.2, -0.15) is 0 Å². The Morgan fingerprint density at radius 3 is 2.75 bits per heavy atom. The molecule has 1 N–H and O–H groups in total. The van der Waals surface area contributed by atoms with Crippen LogP contribution in [-0.2, 0) is 17.7 Å². The Balaban J connectivity index is 1.95. The van der Waals surface area contributed by atoms with E-state index in [9.17, 15) is 9.90 Å². The summed E-state index contributed by atoms with van der Waals surface area (Å²) < 4.78 is 8.35. The largest absolute Gasteiger partial charge is 0.508 e. The van der Waals surface area contributed by atoms with Gasteiger partial charge in [-0.25, -0.2) is 4.79 Å². The van der Waals surface area contributed by atoms with E-state index in [1.807, 2.05) is 41.8 Å². The normalized spacial score (nSPS) is 15.8. The van der Waals surface area contributed by atoms with Gasteiger partial charge in [-0.15, -0.1) is 11.8 Å². The number of hydrogen-bond donors (Lipinski definition) is 1. The van der Waals surface area contributed by atoms with Crippen LogP contribution in [0.2, 0.25) is 5.02 Å². The van der Waals surface area contributed by atoms with Gasteiger partial charge in [0.2, 0.25) is 0 Å². The molecule has 0 bridgehead atoms. The van der Waals surface area contributed by atoms with Gasteiger partial charge in [-0.1, -0.05) is 46.3 Å². The Hall–Kier alpha value is -1.38. The number of aromatic hydroxyl groups is 1. The molecule has 1 unspecified atom stereocenters. The third-order valence-corrected chi connectivity index (χ3v) is 8.09. The molecule has 1 aromatic heterocycles. The third kappa shape index (κ3) is 3.50. The smallest absolute Gasteiger partial charge is 0.356 e. The highest BCUT2D eigenvalue weighted by atomic mass is 127. The zero-order valence-electron chi connectivity index (χ0n) is 15.2. The Morgan fingerprint density at radius 2 is 2.07 bits per heavy atom. The molecule has 0 fully saturated rings. The fourth-order valence-corrected chi connectivity index (χ4v) is 5.92. The molecule has 3 aromatic rings. The molecule has 4 rings (SSSR count). The van der Waals surface area contributed by atoms with Gasteiger partial charge in [0.05, 0.1) is 12.1 Å². The fourth-order valence-electron chi connectivity index (χ4n) is 3.65. The van der Waals surface area contributed by atoms with Crippen molar-refractivity contribution in [3.8, 4) is 5.75 Å². The zero-order chi connectivity index (χ0) is 19.8. The molecule has 1 aliphatic rings. The maximum atomic E-state index is 12.9. The first-order valence-corrected chi connectivity index (χ1v) is 11.8. The Kier molecular flexibility index (Phi) is 5.81. The van der Waals surface area contributed by atoms with E-state index < -0.39 is 0 Å².